The van der Waals surface area contributed by atoms with Crippen LogP contribution in [-0.4, -0.2) is 53.4 Å². The number of likely N-dealkylation sites (tertiary alicyclic amines) is 1. The topological polar surface area (TPSA) is 66.8 Å². The molecule has 23 heavy (non-hydrogen) atoms. The molecule has 1 saturated heterocycles. The van der Waals surface area contributed by atoms with Gasteiger partial charge in [-0.05, 0) is 29.7 Å². The van der Waals surface area contributed by atoms with Crippen LogP contribution < -0.4 is 0 Å². The Morgan fingerprint density at radius 2 is 2.17 bits per heavy atom. The van der Waals surface area contributed by atoms with Crippen LogP contribution in [0.25, 0.3) is 0 Å². The maximum absolute atomic E-state index is 13.1. The largest absolute Gasteiger partial charge is 0.481 e. The van der Waals surface area contributed by atoms with Gasteiger partial charge in [0.25, 0.3) is 0 Å². The lowest BCUT2D eigenvalue weighted by atomic mass is 10.0. The first-order valence-corrected chi connectivity index (χ1v) is 8.89. The molecular weight excluding hydrogens is 314 g/mol. The quantitative estimate of drug-likeness (QED) is 0.913. The van der Waals surface area contributed by atoms with Gasteiger partial charge in [0, 0.05) is 19.7 Å². The Hall–Kier alpha value is -1.53. The van der Waals surface area contributed by atoms with Gasteiger partial charge in [-0.25, -0.2) is 0 Å². The van der Waals surface area contributed by atoms with E-state index in [1.165, 1.54) is 5.56 Å². The average Bonchev–Trinajstić information content (AvgIpc) is 2.96. The second-order valence-electron chi connectivity index (χ2n) is 6.04. The Labute approximate surface area is 140 Å². The summed E-state index contributed by atoms with van der Waals surface area (Å²) in [6.07, 6.45) is 1.47. The zero-order chi connectivity index (χ0) is 16.4. The normalized spacial score (nSPS) is 26.8. The molecule has 2 aliphatic rings. The monoisotopic (exact) mass is 335 g/mol. The molecule has 0 spiro atoms. The minimum absolute atomic E-state index is 0.0212. The number of thioether (sulfide) groups is 1. The van der Waals surface area contributed by atoms with Crippen LogP contribution in [0, 0.1) is 0 Å². The fourth-order valence-corrected chi connectivity index (χ4v) is 4.72. The number of methoxy groups -OCH3 is 1. The highest BCUT2D eigenvalue weighted by Crippen LogP contribution is 2.39. The standard InChI is InChI=1S/C17H21NO4S/c1-22-13-8-12(9-15(19)20)18(10-13)17(21)16-14-5-3-2-4-11(14)6-7-23-16/h2-5,12-13,16H,6-10H2,1H3,(H,19,20). The third-order valence-corrected chi connectivity index (χ3v) is 5.85. The van der Waals surface area contributed by atoms with E-state index in [1.807, 2.05) is 18.2 Å². The lowest BCUT2D eigenvalue weighted by Crippen LogP contribution is -2.40. The summed E-state index contributed by atoms with van der Waals surface area (Å²) in [6, 6.07) is 7.77. The fourth-order valence-electron chi connectivity index (χ4n) is 3.46. The zero-order valence-electron chi connectivity index (χ0n) is 13.1. The summed E-state index contributed by atoms with van der Waals surface area (Å²) in [5, 5.41) is 8.89. The molecule has 1 aromatic carbocycles. The van der Waals surface area contributed by atoms with Gasteiger partial charge in [-0.3, -0.25) is 9.59 Å². The molecule has 1 N–H and O–H groups in total. The number of rotatable bonds is 4. The van der Waals surface area contributed by atoms with Crippen LogP contribution in [0.3, 0.4) is 0 Å². The molecule has 3 rings (SSSR count). The predicted octanol–water partition coefficient (Wildman–Crippen LogP) is 2.11. The second-order valence-corrected chi connectivity index (χ2v) is 7.25. The number of amides is 1. The zero-order valence-corrected chi connectivity index (χ0v) is 13.9. The number of hydrogen-bond acceptors (Lipinski definition) is 4. The molecule has 3 unspecified atom stereocenters. The number of hydrogen-bond donors (Lipinski definition) is 1. The molecule has 1 amide bonds. The first kappa shape index (κ1) is 16.3. The van der Waals surface area contributed by atoms with Crippen molar-refractivity contribution < 1.29 is 19.4 Å². The number of fused-ring (bicyclic) bond motifs is 1. The Balaban J connectivity index is 1.83. The van der Waals surface area contributed by atoms with Gasteiger partial charge in [0.05, 0.1) is 12.5 Å². The number of benzene rings is 1. The van der Waals surface area contributed by atoms with E-state index >= 15 is 0 Å². The molecule has 2 heterocycles. The van der Waals surface area contributed by atoms with Crippen molar-refractivity contribution in [3.63, 3.8) is 0 Å². The van der Waals surface area contributed by atoms with E-state index in [9.17, 15) is 9.59 Å². The number of carbonyl (C=O) groups excluding carboxylic acids is 1. The van der Waals surface area contributed by atoms with Crippen molar-refractivity contribution >= 4 is 23.6 Å². The average molecular weight is 335 g/mol. The van der Waals surface area contributed by atoms with E-state index in [2.05, 4.69) is 6.07 Å². The van der Waals surface area contributed by atoms with Gasteiger partial charge in [0.15, 0.2) is 0 Å². The minimum Gasteiger partial charge on any atom is -0.481 e. The van der Waals surface area contributed by atoms with Crippen molar-refractivity contribution in [1.29, 1.82) is 0 Å². The SMILES string of the molecule is COC1CC(CC(=O)O)N(C(=O)C2SCCc3ccccc32)C1. The number of carboxylic acid groups (broad SMARTS) is 1. The van der Waals surface area contributed by atoms with Crippen molar-refractivity contribution in [2.24, 2.45) is 0 Å². The highest BCUT2D eigenvalue weighted by Gasteiger charge is 2.40. The van der Waals surface area contributed by atoms with Gasteiger partial charge in [0.2, 0.25) is 5.91 Å². The number of nitrogens with zero attached hydrogens (tertiary/aromatic N) is 1. The lowest BCUT2D eigenvalue weighted by molar-refractivity contribution is -0.139. The molecular formula is C17H21NO4S. The second kappa shape index (κ2) is 6.93. The van der Waals surface area contributed by atoms with Gasteiger partial charge in [0.1, 0.15) is 5.25 Å². The third kappa shape index (κ3) is 3.38. The van der Waals surface area contributed by atoms with Crippen LogP contribution in [0.4, 0.5) is 0 Å². The molecule has 1 fully saturated rings. The van der Waals surface area contributed by atoms with Crippen LogP contribution in [0.2, 0.25) is 0 Å². The van der Waals surface area contributed by atoms with E-state index in [0.29, 0.717) is 13.0 Å². The Morgan fingerprint density at radius 1 is 1.39 bits per heavy atom. The smallest absolute Gasteiger partial charge is 0.305 e. The molecule has 1 aromatic rings. The minimum atomic E-state index is -0.874. The first-order chi connectivity index (χ1) is 11.1. The number of aliphatic carboxylic acids is 1. The lowest BCUT2D eigenvalue weighted by Gasteiger charge is -2.31. The van der Waals surface area contributed by atoms with Crippen molar-refractivity contribution in [1.82, 2.24) is 4.90 Å². The van der Waals surface area contributed by atoms with Gasteiger partial charge in [-0.15, -0.1) is 11.8 Å². The molecule has 0 aliphatic carbocycles. The number of ether oxygens (including phenoxy) is 1. The van der Waals surface area contributed by atoms with Gasteiger partial charge >= 0.3 is 5.97 Å². The highest BCUT2D eigenvalue weighted by molar-refractivity contribution is 8.00. The van der Waals surface area contributed by atoms with Crippen molar-refractivity contribution in [2.45, 2.75) is 36.7 Å². The van der Waals surface area contributed by atoms with Gasteiger partial charge < -0.3 is 14.7 Å². The molecule has 0 radical (unpaired) electrons. The summed E-state index contributed by atoms with van der Waals surface area (Å²) in [5.74, 6) is 0.0626. The maximum Gasteiger partial charge on any atom is 0.305 e. The summed E-state index contributed by atoms with van der Waals surface area (Å²) in [7, 11) is 1.61. The Kier molecular flexibility index (Phi) is 4.92. The Bertz CT molecular complexity index is 606. The molecule has 5 nitrogen and oxygen atoms in total. The number of aryl methyl sites for hydroxylation is 1. The van der Waals surface area contributed by atoms with Crippen LogP contribution >= 0.6 is 11.8 Å². The summed E-state index contributed by atoms with van der Waals surface area (Å²) in [6.45, 7) is 0.479. The first-order valence-electron chi connectivity index (χ1n) is 7.84. The van der Waals surface area contributed by atoms with Crippen LogP contribution in [0.15, 0.2) is 24.3 Å². The van der Waals surface area contributed by atoms with E-state index in [4.69, 9.17) is 9.84 Å². The van der Waals surface area contributed by atoms with Crippen LogP contribution in [0.1, 0.15) is 29.2 Å². The summed E-state index contributed by atoms with van der Waals surface area (Å²) in [4.78, 5) is 25.9. The molecule has 0 bridgehead atoms. The molecule has 124 valence electrons. The van der Waals surface area contributed by atoms with Gasteiger partial charge in [-0.1, -0.05) is 24.3 Å². The van der Waals surface area contributed by atoms with Gasteiger partial charge in [-0.2, -0.15) is 0 Å². The fraction of sp³-hybridized carbons (Fsp3) is 0.529. The highest BCUT2D eigenvalue weighted by atomic mass is 32.2. The summed E-state index contributed by atoms with van der Waals surface area (Å²) < 4.78 is 5.37. The van der Waals surface area contributed by atoms with Crippen molar-refractivity contribution in [3.05, 3.63) is 35.4 Å². The molecule has 0 saturated carbocycles. The summed E-state index contributed by atoms with van der Waals surface area (Å²) >= 11 is 1.65. The number of carboxylic acids is 1. The third-order valence-electron chi connectivity index (χ3n) is 4.62. The molecule has 3 atom stereocenters. The maximum atomic E-state index is 13.1. The predicted molar refractivity (Wildman–Crippen MR) is 88.5 cm³/mol. The van der Waals surface area contributed by atoms with Crippen molar-refractivity contribution in [2.75, 3.05) is 19.4 Å². The van der Waals surface area contributed by atoms with E-state index in [0.717, 1.165) is 17.7 Å². The molecule has 6 heteroatoms. The number of carbonyl (C=O) groups is 2. The van der Waals surface area contributed by atoms with E-state index < -0.39 is 5.97 Å². The van der Waals surface area contributed by atoms with Crippen LogP contribution in [-0.2, 0) is 20.7 Å². The molecule has 0 aromatic heterocycles. The molecule has 2 aliphatic heterocycles. The van der Waals surface area contributed by atoms with E-state index in [1.54, 1.807) is 23.8 Å². The van der Waals surface area contributed by atoms with E-state index in [-0.39, 0.29) is 29.7 Å². The van der Waals surface area contributed by atoms with Crippen LogP contribution in [0.5, 0.6) is 0 Å². The Morgan fingerprint density at radius 3 is 2.91 bits per heavy atom. The van der Waals surface area contributed by atoms with Crippen molar-refractivity contribution in [3.8, 4) is 0 Å². The summed E-state index contributed by atoms with van der Waals surface area (Å²) in [5.41, 5.74) is 2.30.